The molecule has 2 heterocycles. The van der Waals surface area contributed by atoms with Crippen molar-refractivity contribution >= 4 is 52.6 Å². The summed E-state index contributed by atoms with van der Waals surface area (Å²) in [7, 11) is 0. The van der Waals surface area contributed by atoms with Gasteiger partial charge in [-0.1, -0.05) is 20.8 Å². The van der Waals surface area contributed by atoms with E-state index < -0.39 is 0 Å². The Morgan fingerprint density at radius 1 is 1.21 bits per heavy atom. The van der Waals surface area contributed by atoms with Gasteiger partial charge in [0.15, 0.2) is 5.96 Å². The second-order valence-electron chi connectivity index (χ2n) is 5.59. The summed E-state index contributed by atoms with van der Waals surface area (Å²) >= 11 is 3.55. The number of guanidine groups is 1. The smallest absolute Gasteiger partial charge is 0.191 e. The van der Waals surface area contributed by atoms with Crippen molar-refractivity contribution in [2.75, 3.05) is 6.54 Å². The fraction of sp³-hybridized carbons (Fsp3) is 0.529. The molecule has 0 saturated heterocycles. The molecule has 134 valence electrons. The van der Waals surface area contributed by atoms with Crippen LogP contribution in [0.15, 0.2) is 22.5 Å². The minimum absolute atomic E-state index is 0. The number of halogens is 1. The van der Waals surface area contributed by atoms with Gasteiger partial charge >= 0.3 is 0 Å². The van der Waals surface area contributed by atoms with Crippen LogP contribution in [0.5, 0.6) is 0 Å². The summed E-state index contributed by atoms with van der Waals surface area (Å²) in [6.45, 7) is 10.9. The van der Waals surface area contributed by atoms with E-state index in [9.17, 15) is 0 Å². The van der Waals surface area contributed by atoms with E-state index in [2.05, 4.69) is 65.8 Å². The Hall–Kier alpha value is -0.670. The molecular formula is C17H27IN4S2. The second kappa shape index (κ2) is 11.0. The zero-order chi connectivity index (χ0) is 16.7. The first kappa shape index (κ1) is 21.4. The van der Waals surface area contributed by atoms with Gasteiger partial charge in [0, 0.05) is 21.7 Å². The molecule has 0 aliphatic heterocycles. The molecule has 2 aromatic rings. The molecule has 0 aromatic carbocycles. The molecule has 2 rings (SSSR count). The van der Waals surface area contributed by atoms with Crippen molar-refractivity contribution < 1.29 is 0 Å². The minimum atomic E-state index is 0. The molecule has 24 heavy (non-hydrogen) atoms. The third-order valence-electron chi connectivity index (χ3n) is 3.37. The molecule has 0 saturated carbocycles. The maximum atomic E-state index is 4.67. The summed E-state index contributed by atoms with van der Waals surface area (Å²) in [6, 6.07) is 4.37. The number of aromatic nitrogens is 1. The van der Waals surface area contributed by atoms with E-state index >= 15 is 0 Å². The number of thiophene rings is 1. The zero-order valence-corrected chi connectivity index (χ0v) is 18.7. The highest BCUT2D eigenvalue weighted by atomic mass is 127. The number of nitrogens with zero attached hydrogens (tertiary/aromatic N) is 2. The third-order valence-corrected chi connectivity index (χ3v) is 5.45. The van der Waals surface area contributed by atoms with Crippen molar-refractivity contribution in [2.45, 2.75) is 53.1 Å². The highest BCUT2D eigenvalue weighted by Gasteiger charge is 2.06. The first-order valence-electron chi connectivity index (χ1n) is 8.16. The van der Waals surface area contributed by atoms with Crippen LogP contribution in [-0.2, 0) is 19.5 Å². The van der Waals surface area contributed by atoms with Gasteiger partial charge in [-0.25, -0.2) is 9.98 Å². The fourth-order valence-corrected chi connectivity index (χ4v) is 3.80. The van der Waals surface area contributed by atoms with Crippen molar-refractivity contribution in [3.63, 3.8) is 0 Å². The van der Waals surface area contributed by atoms with Gasteiger partial charge in [-0.05, 0) is 31.4 Å². The van der Waals surface area contributed by atoms with Gasteiger partial charge in [0.05, 0.1) is 18.8 Å². The van der Waals surface area contributed by atoms with Crippen molar-refractivity contribution in [3.05, 3.63) is 38.0 Å². The number of hydrogen-bond acceptors (Lipinski definition) is 4. The lowest BCUT2D eigenvalue weighted by Crippen LogP contribution is -2.36. The normalized spacial score (nSPS) is 11.5. The molecule has 0 unspecified atom stereocenters. The largest absolute Gasteiger partial charge is 0.357 e. The number of aryl methyl sites for hydroxylation is 1. The maximum Gasteiger partial charge on any atom is 0.191 e. The van der Waals surface area contributed by atoms with E-state index in [0.717, 1.165) is 30.5 Å². The first-order valence-corrected chi connectivity index (χ1v) is 9.86. The van der Waals surface area contributed by atoms with Gasteiger partial charge in [-0.2, -0.15) is 0 Å². The molecule has 0 amide bonds. The van der Waals surface area contributed by atoms with Crippen LogP contribution in [0, 0.1) is 0 Å². The molecule has 0 aliphatic carbocycles. The third kappa shape index (κ3) is 6.68. The average Bonchev–Trinajstić information content (AvgIpc) is 3.19. The summed E-state index contributed by atoms with van der Waals surface area (Å²) < 4.78 is 0. The van der Waals surface area contributed by atoms with Gasteiger partial charge in [-0.3, -0.25) is 0 Å². The Morgan fingerprint density at radius 2 is 1.96 bits per heavy atom. The highest BCUT2D eigenvalue weighted by Crippen LogP contribution is 2.18. The van der Waals surface area contributed by atoms with E-state index in [1.54, 1.807) is 11.3 Å². The lowest BCUT2D eigenvalue weighted by molar-refractivity contribution is 0.788. The number of rotatable bonds is 7. The Balaban J connectivity index is 0.00000288. The summed E-state index contributed by atoms with van der Waals surface area (Å²) in [5, 5.41) is 9.91. The maximum absolute atomic E-state index is 4.67. The first-order chi connectivity index (χ1) is 11.1. The topological polar surface area (TPSA) is 49.3 Å². The van der Waals surface area contributed by atoms with Crippen LogP contribution in [0.25, 0.3) is 0 Å². The highest BCUT2D eigenvalue weighted by molar-refractivity contribution is 14.0. The van der Waals surface area contributed by atoms with Gasteiger partial charge in [0.1, 0.15) is 5.01 Å². The van der Waals surface area contributed by atoms with E-state index in [1.807, 2.05) is 11.3 Å². The van der Waals surface area contributed by atoms with E-state index in [1.165, 1.54) is 15.4 Å². The second-order valence-corrected chi connectivity index (χ2v) is 7.79. The van der Waals surface area contributed by atoms with Crippen molar-refractivity contribution in [1.29, 1.82) is 0 Å². The number of nitrogens with one attached hydrogen (secondary N) is 2. The van der Waals surface area contributed by atoms with E-state index in [4.69, 9.17) is 0 Å². The lowest BCUT2D eigenvalue weighted by atomic mass is 10.2. The van der Waals surface area contributed by atoms with Crippen molar-refractivity contribution in [1.82, 2.24) is 15.6 Å². The number of hydrogen-bond donors (Lipinski definition) is 2. The molecular weight excluding hydrogens is 451 g/mol. The van der Waals surface area contributed by atoms with Crippen LogP contribution in [0.3, 0.4) is 0 Å². The van der Waals surface area contributed by atoms with Gasteiger partial charge in [0.25, 0.3) is 0 Å². The Labute approximate surface area is 170 Å². The molecule has 0 bridgehead atoms. The molecule has 7 heteroatoms. The van der Waals surface area contributed by atoms with Crippen LogP contribution >= 0.6 is 46.7 Å². The van der Waals surface area contributed by atoms with E-state index in [0.29, 0.717) is 12.5 Å². The molecule has 2 N–H and O–H groups in total. The molecule has 0 atom stereocenters. The van der Waals surface area contributed by atoms with Crippen LogP contribution in [-0.4, -0.2) is 17.5 Å². The van der Waals surface area contributed by atoms with Gasteiger partial charge in [-0.15, -0.1) is 46.7 Å². The predicted molar refractivity (Wildman–Crippen MR) is 117 cm³/mol. The van der Waals surface area contributed by atoms with Crippen LogP contribution in [0.1, 0.15) is 54.1 Å². The summed E-state index contributed by atoms with van der Waals surface area (Å²) in [5.74, 6) is 1.33. The Kier molecular flexibility index (Phi) is 9.84. The molecule has 4 nitrogen and oxygen atoms in total. The molecule has 0 aliphatic rings. The summed E-state index contributed by atoms with van der Waals surface area (Å²) in [5.41, 5.74) is 1.17. The van der Waals surface area contributed by atoms with Crippen molar-refractivity contribution in [3.8, 4) is 0 Å². The zero-order valence-electron chi connectivity index (χ0n) is 14.8. The molecule has 0 radical (unpaired) electrons. The van der Waals surface area contributed by atoms with E-state index in [-0.39, 0.29) is 24.0 Å². The van der Waals surface area contributed by atoms with Crippen LogP contribution in [0.4, 0.5) is 0 Å². The minimum Gasteiger partial charge on any atom is -0.357 e. The number of thiazole rings is 1. The van der Waals surface area contributed by atoms with Crippen molar-refractivity contribution in [2.24, 2.45) is 4.99 Å². The average molecular weight is 478 g/mol. The van der Waals surface area contributed by atoms with Crippen LogP contribution in [0.2, 0.25) is 0 Å². The quantitative estimate of drug-likeness (QED) is 0.343. The Bertz CT molecular complexity index is 634. The monoisotopic (exact) mass is 478 g/mol. The standard InChI is InChI=1S/C17H26N4S2.HI/c1-5-13-7-8-14(23-13)9-19-17(18-6-2)20-10-16-21-15(11-22-16)12(3)4;/h7-8,11-12H,5-6,9-10H2,1-4H3,(H2,18,19,20);1H. The number of aliphatic imine (C=N–C) groups is 1. The molecule has 2 aromatic heterocycles. The predicted octanol–water partition coefficient (Wildman–Crippen LogP) is 4.76. The molecule has 0 spiro atoms. The van der Waals surface area contributed by atoms with Gasteiger partial charge < -0.3 is 10.6 Å². The SMILES string of the molecule is CCNC(=NCc1ccc(CC)s1)NCc1nc(C(C)C)cs1.I. The van der Waals surface area contributed by atoms with Crippen LogP contribution < -0.4 is 10.6 Å². The summed E-state index contributed by atoms with van der Waals surface area (Å²) in [6.07, 6.45) is 1.09. The lowest BCUT2D eigenvalue weighted by Gasteiger charge is -2.09. The summed E-state index contributed by atoms with van der Waals surface area (Å²) in [4.78, 5) is 12.0. The molecule has 0 fully saturated rings. The van der Waals surface area contributed by atoms with Gasteiger partial charge in [0.2, 0.25) is 0 Å². The fourth-order valence-electron chi connectivity index (χ4n) is 2.03. The Morgan fingerprint density at radius 3 is 2.54 bits per heavy atom.